The Morgan fingerprint density at radius 2 is 1.60 bits per heavy atom. The van der Waals surface area contributed by atoms with Crippen LogP contribution in [0.1, 0.15) is 16.1 Å². The van der Waals surface area contributed by atoms with E-state index in [2.05, 4.69) is 10.2 Å². The van der Waals surface area contributed by atoms with E-state index in [0.717, 1.165) is 17.4 Å². The molecule has 0 spiro atoms. The minimum absolute atomic E-state index is 0.0662. The van der Waals surface area contributed by atoms with E-state index in [9.17, 15) is 26.3 Å². The third-order valence-corrected chi connectivity index (χ3v) is 3.28. The van der Waals surface area contributed by atoms with E-state index < -0.39 is 29.0 Å². The molecule has 0 fully saturated rings. The van der Waals surface area contributed by atoms with Crippen LogP contribution < -0.4 is 0 Å². The molecule has 0 aliphatic rings. The maximum absolute atomic E-state index is 12.9. The maximum atomic E-state index is 12.9. The molecule has 1 aromatic carbocycles. The van der Waals surface area contributed by atoms with Gasteiger partial charge in [0.05, 0.1) is 11.1 Å². The minimum Gasteiger partial charge on any atom is -0.166 e. The molecule has 9 heteroatoms. The van der Waals surface area contributed by atoms with E-state index in [-0.39, 0.29) is 11.1 Å². The lowest BCUT2D eigenvalue weighted by Gasteiger charge is -2.14. The van der Waals surface area contributed by atoms with Gasteiger partial charge in [-0.1, -0.05) is 17.4 Å². The second-order valence-electron chi connectivity index (χ2n) is 3.88. The van der Waals surface area contributed by atoms with Gasteiger partial charge in [-0.3, -0.25) is 0 Å². The Kier molecular flexibility index (Phi) is 3.49. The van der Waals surface area contributed by atoms with Gasteiger partial charge >= 0.3 is 12.4 Å². The smallest absolute Gasteiger partial charge is 0.166 e. The highest BCUT2D eigenvalue weighted by atomic mass is 32.1. The fourth-order valence-electron chi connectivity index (χ4n) is 1.55. The minimum atomic E-state index is -4.91. The lowest BCUT2D eigenvalue weighted by molar-refractivity contribution is -0.142. The van der Waals surface area contributed by atoms with Gasteiger partial charge in [0.25, 0.3) is 0 Å². The van der Waals surface area contributed by atoms with E-state index in [1.807, 2.05) is 0 Å². The van der Waals surface area contributed by atoms with Crippen LogP contribution in [0, 0.1) is 6.92 Å². The topological polar surface area (TPSA) is 25.8 Å². The lowest BCUT2D eigenvalue weighted by atomic mass is 10.0. The zero-order valence-electron chi connectivity index (χ0n) is 9.80. The second kappa shape index (κ2) is 4.72. The number of hydrogen-bond acceptors (Lipinski definition) is 3. The van der Waals surface area contributed by atoms with E-state index in [1.165, 1.54) is 0 Å². The molecule has 1 heterocycles. The third kappa shape index (κ3) is 2.92. The first-order valence-electron chi connectivity index (χ1n) is 5.18. The second-order valence-corrected chi connectivity index (χ2v) is 5.06. The summed E-state index contributed by atoms with van der Waals surface area (Å²) in [5.41, 5.74) is -3.13. The van der Waals surface area contributed by atoms with Crippen molar-refractivity contribution in [2.45, 2.75) is 19.3 Å². The van der Waals surface area contributed by atoms with Gasteiger partial charge in [0.15, 0.2) is 0 Å². The van der Waals surface area contributed by atoms with Crippen molar-refractivity contribution in [2.75, 3.05) is 0 Å². The summed E-state index contributed by atoms with van der Waals surface area (Å²) >= 11 is 0.881. The van der Waals surface area contributed by atoms with Crippen LogP contribution in [0.25, 0.3) is 10.6 Å². The van der Waals surface area contributed by atoms with Gasteiger partial charge in [-0.2, -0.15) is 26.3 Å². The SMILES string of the molecule is Cc1nnc(-c2ccc(C(F)(F)F)cc2C(F)(F)F)s1. The summed E-state index contributed by atoms with van der Waals surface area (Å²) in [5, 5.41) is 7.46. The molecule has 0 aliphatic heterocycles. The summed E-state index contributed by atoms with van der Waals surface area (Å²) in [6, 6.07) is 1.46. The van der Waals surface area contributed by atoms with Crippen LogP contribution in [-0.2, 0) is 12.4 Å². The highest BCUT2D eigenvalue weighted by Gasteiger charge is 2.38. The Bertz CT molecular complexity index is 629. The average molecular weight is 312 g/mol. The Balaban J connectivity index is 2.64. The standard InChI is InChI=1S/C11H6F6N2S/c1-5-18-19-9(20-5)7-3-2-6(10(12,13)14)4-8(7)11(15,16)17/h2-4H,1H3. The van der Waals surface area contributed by atoms with Crippen LogP contribution in [0.15, 0.2) is 18.2 Å². The highest BCUT2D eigenvalue weighted by molar-refractivity contribution is 7.14. The first-order chi connectivity index (χ1) is 9.09. The maximum Gasteiger partial charge on any atom is 0.417 e. The molecule has 2 aromatic rings. The van der Waals surface area contributed by atoms with Gasteiger partial charge in [0.1, 0.15) is 10.0 Å². The molecule has 0 amide bonds. The summed E-state index contributed by atoms with van der Waals surface area (Å²) in [5.74, 6) is 0. The number of aryl methyl sites for hydroxylation is 1. The highest BCUT2D eigenvalue weighted by Crippen LogP contribution is 2.41. The van der Waals surface area contributed by atoms with Crippen LogP contribution in [-0.4, -0.2) is 10.2 Å². The summed E-state index contributed by atoms with van der Waals surface area (Å²) in [6.45, 7) is 1.54. The molecule has 2 rings (SSSR count). The number of rotatable bonds is 1. The van der Waals surface area contributed by atoms with Gasteiger partial charge in [-0.05, 0) is 19.1 Å². The van der Waals surface area contributed by atoms with E-state index in [1.54, 1.807) is 6.92 Å². The summed E-state index contributed by atoms with van der Waals surface area (Å²) in [4.78, 5) is 0. The summed E-state index contributed by atoms with van der Waals surface area (Å²) < 4.78 is 76.2. The van der Waals surface area contributed by atoms with Crippen molar-refractivity contribution in [3.8, 4) is 10.6 Å². The Morgan fingerprint density at radius 1 is 0.950 bits per heavy atom. The van der Waals surface area contributed by atoms with Crippen LogP contribution in [0.4, 0.5) is 26.3 Å². The molecule has 0 atom stereocenters. The van der Waals surface area contributed by atoms with Gasteiger partial charge in [0.2, 0.25) is 0 Å². The van der Waals surface area contributed by atoms with E-state index in [0.29, 0.717) is 11.1 Å². The van der Waals surface area contributed by atoms with Gasteiger partial charge in [-0.25, -0.2) is 0 Å². The van der Waals surface area contributed by atoms with Gasteiger partial charge < -0.3 is 0 Å². The lowest BCUT2D eigenvalue weighted by Crippen LogP contribution is -2.12. The van der Waals surface area contributed by atoms with E-state index >= 15 is 0 Å². The van der Waals surface area contributed by atoms with Crippen LogP contribution in [0.3, 0.4) is 0 Å². The van der Waals surface area contributed by atoms with Crippen molar-refractivity contribution < 1.29 is 26.3 Å². The summed E-state index contributed by atoms with van der Waals surface area (Å²) in [6.07, 6.45) is -9.74. The Hall–Kier alpha value is -1.64. The normalized spacial score (nSPS) is 12.8. The molecule has 108 valence electrons. The molecule has 0 saturated carbocycles. The first-order valence-corrected chi connectivity index (χ1v) is 5.99. The molecule has 20 heavy (non-hydrogen) atoms. The summed E-state index contributed by atoms with van der Waals surface area (Å²) in [7, 11) is 0. The molecular weight excluding hydrogens is 306 g/mol. The molecule has 1 aromatic heterocycles. The fourth-order valence-corrected chi connectivity index (χ4v) is 2.28. The van der Waals surface area contributed by atoms with E-state index in [4.69, 9.17) is 0 Å². The zero-order valence-corrected chi connectivity index (χ0v) is 10.6. The Labute approximate surface area is 113 Å². The van der Waals surface area contributed by atoms with Crippen molar-refractivity contribution >= 4 is 11.3 Å². The number of alkyl halides is 6. The predicted molar refractivity (Wildman–Crippen MR) is 60.1 cm³/mol. The van der Waals surface area contributed by atoms with Crippen molar-refractivity contribution in [3.63, 3.8) is 0 Å². The molecule has 0 radical (unpaired) electrons. The molecule has 0 unspecified atom stereocenters. The number of nitrogens with zero attached hydrogens (tertiary/aromatic N) is 2. The number of hydrogen-bond donors (Lipinski definition) is 0. The van der Waals surface area contributed by atoms with Crippen molar-refractivity contribution in [1.82, 2.24) is 10.2 Å². The van der Waals surface area contributed by atoms with Crippen LogP contribution in [0.2, 0.25) is 0 Å². The molecular formula is C11H6F6N2S. The molecule has 0 bridgehead atoms. The van der Waals surface area contributed by atoms with Gasteiger partial charge in [-0.15, -0.1) is 10.2 Å². The largest absolute Gasteiger partial charge is 0.417 e. The molecule has 0 aliphatic carbocycles. The van der Waals surface area contributed by atoms with Gasteiger partial charge in [0, 0.05) is 5.56 Å². The number of aromatic nitrogens is 2. The van der Waals surface area contributed by atoms with Crippen LogP contribution >= 0.6 is 11.3 Å². The van der Waals surface area contributed by atoms with Crippen molar-refractivity contribution in [2.24, 2.45) is 0 Å². The number of benzene rings is 1. The third-order valence-electron chi connectivity index (χ3n) is 2.41. The molecule has 0 N–H and O–H groups in total. The predicted octanol–water partition coefficient (Wildman–Crippen LogP) is 4.55. The van der Waals surface area contributed by atoms with Crippen LogP contribution in [0.5, 0.6) is 0 Å². The van der Waals surface area contributed by atoms with Crippen molar-refractivity contribution in [3.05, 3.63) is 34.3 Å². The average Bonchev–Trinajstić information content (AvgIpc) is 2.72. The monoisotopic (exact) mass is 312 g/mol. The Morgan fingerprint density at radius 3 is 2.05 bits per heavy atom. The first kappa shape index (κ1) is 14.8. The molecule has 0 saturated heterocycles. The molecule has 2 nitrogen and oxygen atoms in total. The number of halogens is 6. The zero-order chi connectivity index (χ0) is 15.1. The fraction of sp³-hybridized carbons (Fsp3) is 0.273. The van der Waals surface area contributed by atoms with Crippen molar-refractivity contribution in [1.29, 1.82) is 0 Å². The quantitative estimate of drug-likeness (QED) is 0.722.